The van der Waals surface area contributed by atoms with Gasteiger partial charge >= 0.3 is 0 Å². The number of aliphatic imine (C=N–C) groups is 1. The molecule has 21 heavy (non-hydrogen) atoms. The summed E-state index contributed by atoms with van der Waals surface area (Å²) in [6.07, 6.45) is 1.81. The molecule has 0 radical (unpaired) electrons. The summed E-state index contributed by atoms with van der Waals surface area (Å²) in [6, 6.07) is 5.99. The number of piperazine rings is 1. The van der Waals surface area contributed by atoms with Crippen LogP contribution in [-0.4, -0.2) is 48.3 Å². The SMILES string of the molecule is C/C=N\N1C(N2CCNCC2)=Nc2ccc(Cl)cc2C1C. The van der Waals surface area contributed by atoms with Gasteiger partial charge in [-0.25, -0.2) is 10.0 Å². The molecule has 1 atom stereocenters. The fourth-order valence-electron chi connectivity index (χ4n) is 2.78. The summed E-state index contributed by atoms with van der Waals surface area (Å²) in [4.78, 5) is 7.12. The minimum atomic E-state index is 0.122. The monoisotopic (exact) mass is 305 g/mol. The van der Waals surface area contributed by atoms with Crippen molar-refractivity contribution in [3.05, 3.63) is 28.8 Å². The van der Waals surface area contributed by atoms with Crippen LogP contribution in [0.2, 0.25) is 5.02 Å². The number of nitrogens with zero attached hydrogens (tertiary/aromatic N) is 4. The lowest BCUT2D eigenvalue weighted by Gasteiger charge is -2.39. The van der Waals surface area contributed by atoms with Crippen LogP contribution in [0.15, 0.2) is 28.3 Å². The number of hydrazone groups is 1. The molecule has 1 aromatic rings. The summed E-state index contributed by atoms with van der Waals surface area (Å²) < 4.78 is 0. The Morgan fingerprint density at radius 3 is 2.86 bits per heavy atom. The van der Waals surface area contributed by atoms with Gasteiger partial charge in [-0.3, -0.25) is 0 Å². The largest absolute Gasteiger partial charge is 0.338 e. The third-order valence-corrected chi connectivity index (χ3v) is 4.11. The van der Waals surface area contributed by atoms with Gasteiger partial charge < -0.3 is 10.2 Å². The van der Waals surface area contributed by atoms with Gasteiger partial charge in [-0.05, 0) is 32.0 Å². The molecule has 1 N–H and O–H groups in total. The molecular weight excluding hydrogens is 286 g/mol. The van der Waals surface area contributed by atoms with Crippen LogP contribution in [0.3, 0.4) is 0 Å². The molecule has 2 heterocycles. The van der Waals surface area contributed by atoms with E-state index in [4.69, 9.17) is 16.6 Å². The average molecular weight is 306 g/mol. The van der Waals surface area contributed by atoms with Gasteiger partial charge in [0.2, 0.25) is 5.96 Å². The molecule has 1 fully saturated rings. The lowest BCUT2D eigenvalue weighted by atomic mass is 10.0. The molecule has 0 aliphatic carbocycles. The van der Waals surface area contributed by atoms with Gasteiger partial charge in [-0.15, -0.1) is 0 Å². The van der Waals surface area contributed by atoms with Crippen LogP contribution in [0.1, 0.15) is 25.5 Å². The highest BCUT2D eigenvalue weighted by Crippen LogP contribution is 2.37. The van der Waals surface area contributed by atoms with E-state index in [9.17, 15) is 0 Å². The quantitative estimate of drug-likeness (QED) is 0.811. The van der Waals surface area contributed by atoms with E-state index in [1.54, 1.807) is 0 Å². The summed E-state index contributed by atoms with van der Waals surface area (Å²) in [6.45, 7) is 7.91. The Morgan fingerprint density at radius 2 is 2.14 bits per heavy atom. The Kier molecular flexibility index (Phi) is 4.12. The zero-order valence-corrected chi connectivity index (χ0v) is 13.1. The molecule has 6 heteroatoms. The highest BCUT2D eigenvalue weighted by Gasteiger charge is 2.30. The first-order valence-electron chi connectivity index (χ1n) is 7.32. The molecule has 1 saturated heterocycles. The maximum absolute atomic E-state index is 6.13. The number of rotatable bonds is 1. The molecule has 0 bridgehead atoms. The molecule has 3 rings (SSSR count). The van der Waals surface area contributed by atoms with Crippen molar-refractivity contribution in [1.82, 2.24) is 15.2 Å². The molecule has 5 nitrogen and oxygen atoms in total. The highest BCUT2D eigenvalue weighted by molar-refractivity contribution is 6.30. The van der Waals surface area contributed by atoms with E-state index in [1.165, 1.54) is 0 Å². The molecule has 1 aromatic carbocycles. The number of hydrogen-bond acceptors (Lipinski definition) is 5. The number of guanidine groups is 1. The molecule has 0 aromatic heterocycles. The molecule has 0 saturated carbocycles. The predicted molar refractivity (Wildman–Crippen MR) is 87.4 cm³/mol. The van der Waals surface area contributed by atoms with Crippen molar-refractivity contribution in [3.8, 4) is 0 Å². The van der Waals surface area contributed by atoms with Gasteiger partial charge in [0.15, 0.2) is 0 Å². The van der Waals surface area contributed by atoms with Gasteiger partial charge in [0, 0.05) is 43.0 Å². The number of benzene rings is 1. The third kappa shape index (κ3) is 2.76. The second-order valence-electron chi connectivity index (χ2n) is 5.25. The van der Waals surface area contributed by atoms with E-state index >= 15 is 0 Å². The molecular formula is C15H20ClN5. The molecule has 1 unspecified atom stereocenters. The van der Waals surface area contributed by atoms with Crippen molar-refractivity contribution in [2.24, 2.45) is 10.1 Å². The Bertz CT molecular complexity index is 577. The first kappa shape index (κ1) is 14.4. The van der Waals surface area contributed by atoms with Crippen molar-refractivity contribution >= 4 is 29.5 Å². The van der Waals surface area contributed by atoms with Gasteiger partial charge in [-0.1, -0.05) is 11.6 Å². The maximum Gasteiger partial charge on any atom is 0.223 e. The summed E-state index contributed by atoms with van der Waals surface area (Å²) in [5.41, 5.74) is 2.11. The molecule has 0 spiro atoms. The van der Waals surface area contributed by atoms with Gasteiger partial charge in [0.05, 0.1) is 11.7 Å². The molecule has 112 valence electrons. The lowest BCUT2D eigenvalue weighted by molar-refractivity contribution is 0.259. The summed E-state index contributed by atoms with van der Waals surface area (Å²) in [5, 5.41) is 10.6. The standard InChI is InChI=1S/C15H20ClN5/c1-3-18-21-11(2)13-10-12(16)4-5-14(13)19-15(21)20-8-6-17-7-9-20/h3-5,10-11,17H,6-9H2,1-2H3/b18-3-. The second-order valence-corrected chi connectivity index (χ2v) is 5.68. The fraction of sp³-hybridized carbons (Fsp3) is 0.467. The van der Waals surface area contributed by atoms with Crippen molar-refractivity contribution in [1.29, 1.82) is 0 Å². The minimum absolute atomic E-state index is 0.122. The normalized spacial score (nSPS) is 22.4. The van der Waals surface area contributed by atoms with E-state index in [0.29, 0.717) is 0 Å². The van der Waals surface area contributed by atoms with Crippen LogP contribution >= 0.6 is 11.6 Å². The summed E-state index contributed by atoms with van der Waals surface area (Å²) >= 11 is 6.13. The van der Waals surface area contributed by atoms with E-state index in [0.717, 1.165) is 48.4 Å². The van der Waals surface area contributed by atoms with Gasteiger partial charge in [0.25, 0.3) is 0 Å². The minimum Gasteiger partial charge on any atom is -0.338 e. The van der Waals surface area contributed by atoms with Crippen molar-refractivity contribution < 1.29 is 0 Å². The second kappa shape index (κ2) is 6.03. The zero-order valence-electron chi connectivity index (χ0n) is 12.4. The first-order valence-corrected chi connectivity index (χ1v) is 7.70. The van der Waals surface area contributed by atoms with E-state index in [2.05, 4.69) is 22.2 Å². The number of fused-ring (bicyclic) bond motifs is 1. The first-order chi connectivity index (χ1) is 10.2. The zero-order chi connectivity index (χ0) is 14.8. The summed E-state index contributed by atoms with van der Waals surface area (Å²) in [5.74, 6) is 0.928. The molecule has 0 amide bonds. The average Bonchev–Trinajstić information content (AvgIpc) is 2.51. The number of halogens is 1. The lowest BCUT2D eigenvalue weighted by Crippen LogP contribution is -2.52. The predicted octanol–water partition coefficient (Wildman–Crippen LogP) is 2.62. The van der Waals surface area contributed by atoms with Crippen LogP contribution in [0.5, 0.6) is 0 Å². The number of nitrogens with one attached hydrogen (secondary N) is 1. The molecule has 2 aliphatic heterocycles. The fourth-order valence-corrected chi connectivity index (χ4v) is 2.96. The Labute approximate surface area is 130 Å². The van der Waals surface area contributed by atoms with Crippen molar-refractivity contribution in [2.75, 3.05) is 26.2 Å². The van der Waals surface area contributed by atoms with E-state index in [-0.39, 0.29) is 6.04 Å². The highest BCUT2D eigenvalue weighted by atomic mass is 35.5. The van der Waals surface area contributed by atoms with E-state index in [1.807, 2.05) is 36.3 Å². The van der Waals surface area contributed by atoms with Gasteiger partial charge in [0.1, 0.15) is 0 Å². The Balaban J connectivity index is 2.03. The van der Waals surface area contributed by atoms with Gasteiger partial charge in [-0.2, -0.15) is 5.10 Å². The topological polar surface area (TPSA) is 43.2 Å². The van der Waals surface area contributed by atoms with Crippen molar-refractivity contribution in [3.63, 3.8) is 0 Å². The van der Waals surface area contributed by atoms with Crippen molar-refractivity contribution in [2.45, 2.75) is 19.9 Å². The number of hydrogen-bond donors (Lipinski definition) is 1. The van der Waals surface area contributed by atoms with Crippen LogP contribution in [0.4, 0.5) is 5.69 Å². The smallest absolute Gasteiger partial charge is 0.223 e. The van der Waals surface area contributed by atoms with E-state index < -0.39 is 0 Å². The third-order valence-electron chi connectivity index (χ3n) is 3.87. The summed E-state index contributed by atoms with van der Waals surface area (Å²) in [7, 11) is 0. The van der Waals surface area contributed by atoms with Crippen LogP contribution in [-0.2, 0) is 0 Å². The Morgan fingerprint density at radius 1 is 1.38 bits per heavy atom. The van der Waals surface area contributed by atoms with Crippen LogP contribution in [0.25, 0.3) is 0 Å². The van der Waals surface area contributed by atoms with Crippen LogP contribution in [0, 0.1) is 0 Å². The van der Waals surface area contributed by atoms with Crippen LogP contribution < -0.4 is 5.32 Å². The molecule has 2 aliphatic rings. The Hall–Kier alpha value is -1.59. The maximum atomic E-state index is 6.13.